The normalized spacial score (nSPS) is 11.8. The number of aryl methyl sites for hydroxylation is 1. The summed E-state index contributed by atoms with van der Waals surface area (Å²) in [5.41, 5.74) is 2.48. The van der Waals surface area contributed by atoms with Gasteiger partial charge in [-0.25, -0.2) is 8.42 Å². The van der Waals surface area contributed by atoms with E-state index < -0.39 is 28.5 Å². The fraction of sp³-hybridized carbons (Fsp3) is 0.179. The Hall–Kier alpha value is -4.83. The maximum Gasteiger partial charge on any atom is 0.264 e. The molecular weight excluding hydrogens is 693 g/mol. The third kappa shape index (κ3) is 9.24. The molecule has 11 heteroatoms. The van der Waals surface area contributed by atoms with Gasteiger partial charge in [-0.1, -0.05) is 95.5 Å². The number of sulfonamides is 1. The number of hydrogen-bond donors (Lipinski definition) is 1. The van der Waals surface area contributed by atoms with Gasteiger partial charge in [-0.05, 0) is 85.6 Å². The molecule has 258 valence electrons. The Labute approximate surface area is 303 Å². The number of ether oxygens (including phenoxy) is 1. The molecule has 5 rings (SSSR count). The van der Waals surface area contributed by atoms with Crippen molar-refractivity contribution in [2.75, 3.05) is 17.4 Å². The van der Waals surface area contributed by atoms with Gasteiger partial charge in [-0.2, -0.15) is 0 Å². The topological polar surface area (TPSA) is 96.0 Å². The first-order valence-electron chi connectivity index (χ1n) is 16.0. The molecule has 0 aliphatic rings. The van der Waals surface area contributed by atoms with Crippen molar-refractivity contribution in [3.8, 4) is 11.5 Å². The molecule has 1 N–H and O–H groups in total. The van der Waals surface area contributed by atoms with Gasteiger partial charge in [0, 0.05) is 29.6 Å². The molecule has 0 aliphatic carbocycles. The number of hydrogen-bond acceptors (Lipinski definition) is 5. The minimum Gasteiger partial charge on any atom is -0.457 e. The average molecular weight is 731 g/mol. The average Bonchev–Trinajstić information content (AvgIpc) is 3.11. The van der Waals surface area contributed by atoms with E-state index >= 15 is 0 Å². The molecule has 8 nitrogen and oxygen atoms in total. The van der Waals surface area contributed by atoms with Crippen molar-refractivity contribution in [2.24, 2.45) is 0 Å². The SMILES string of the molecule is CCNC(=O)[C@@H](Cc1ccccc1)N(Cc1ccc(Cl)cc1Cl)C(=O)CN(c1ccc(Oc2ccccc2)cc1)S(=O)(=O)c1ccc(C)cc1. The van der Waals surface area contributed by atoms with Gasteiger partial charge in [-0.15, -0.1) is 0 Å². The van der Waals surface area contributed by atoms with E-state index in [1.807, 2.05) is 67.6 Å². The highest BCUT2D eigenvalue weighted by Gasteiger charge is 2.35. The highest BCUT2D eigenvalue weighted by Crippen LogP contribution is 2.30. The Morgan fingerprint density at radius 3 is 2.04 bits per heavy atom. The number of rotatable bonds is 14. The van der Waals surface area contributed by atoms with Gasteiger partial charge in [0.1, 0.15) is 24.1 Å². The van der Waals surface area contributed by atoms with E-state index in [0.29, 0.717) is 33.7 Å². The van der Waals surface area contributed by atoms with Gasteiger partial charge >= 0.3 is 0 Å². The van der Waals surface area contributed by atoms with Crippen LogP contribution in [0.5, 0.6) is 11.5 Å². The molecule has 1 atom stereocenters. The first-order chi connectivity index (χ1) is 24.0. The van der Waals surface area contributed by atoms with E-state index in [-0.39, 0.29) is 29.5 Å². The second-order valence-electron chi connectivity index (χ2n) is 11.6. The summed E-state index contributed by atoms with van der Waals surface area (Å²) in [4.78, 5) is 29.7. The molecular formula is C39H37Cl2N3O5S. The van der Waals surface area contributed by atoms with Crippen molar-refractivity contribution in [2.45, 2.75) is 37.8 Å². The Balaban J connectivity index is 1.56. The number of nitrogens with zero attached hydrogens (tertiary/aromatic N) is 2. The Morgan fingerprint density at radius 2 is 1.42 bits per heavy atom. The van der Waals surface area contributed by atoms with Crippen LogP contribution in [-0.4, -0.2) is 44.3 Å². The minimum atomic E-state index is -4.27. The first-order valence-corrected chi connectivity index (χ1v) is 18.2. The number of nitrogens with one attached hydrogen (secondary N) is 1. The van der Waals surface area contributed by atoms with Crippen molar-refractivity contribution >= 4 is 50.7 Å². The molecule has 5 aromatic carbocycles. The highest BCUT2D eigenvalue weighted by atomic mass is 35.5. The number of likely N-dealkylation sites (N-methyl/N-ethyl adjacent to an activating group) is 1. The van der Waals surface area contributed by atoms with Crippen LogP contribution in [0.25, 0.3) is 0 Å². The van der Waals surface area contributed by atoms with Crippen molar-refractivity contribution < 1.29 is 22.7 Å². The maximum atomic E-state index is 14.6. The summed E-state index contributed by atoms with van der Waals surface area (Å²) in [6, 6.07) is 35.3. The van der Waals surface area contributed by atoms with Crippen LogP contribution in [-0.2, 0) is 32.6 Å². The molecule has 0 fully saturated rings. The third-order valence-electron chi connectivity index (χ3n) is 7.97. The quantitative estimate of drug-likeness (QED) is 0.125. The van der Waals surface area contributed by atoms with Crippen LogP contribution in [0.1, 0.15) is 23.6 Å². The van der Waals surface area contributed by atoms with Crippen LogP contribution >= 0.6 is 23.2 Å². The molecule has 5 aromatic rings. The monoisotopic (exact) mass is 729 g/mol. The summed E-state index contributed by atoms with van der Waals surface area (Å²) < 4.78 is 35.7. The molecule has 0 saturated carbocycles. The summed E-state index contributed by atoms with van der Waals surface area (Å²) in [6.45, 7) is 3.30. The largest absolute Gasteiger partial charge is 0.457 e. The van der Waals surface area contributed by atoms with Crippen LogP contribution in [0.4, 0.5) is 5.69 Å². The van der Waals surface area contributed by atoms with Crippen LogP contribution in [0.2, 0.25) is 10.0 Å². The number of amides is 2. The Morgan fingerprint density at radius 1 is 0.800 bits per heavy atom. The van der Waals surface area contributed by atoms with E-state index in [1.165, 1.54) is 17.0 Å². The number of halogens is 2. The van der Waals surface area contributed by atoms with E-state index in [2.05, 4.69) is 5.32 Å². The van der Waals surface area contributed by atoms with E-state index in [9.17, 15) is 18.0 Å². The summed E-state index contributed by atoms with van der Waals surface area (Å²) in [6.07, 6.45) is 0.180. The zero-order chi connectivity index (χ0) is 35.7. The summed E-state index contributed by atoms with van der Waals surface area (Å²) in [5.74, 6) is 0.108. The van der Waals surface area contributed by atoms with Gasteiger partial charge < -0.3 is 15.0 Å². The number of carbonyl (C=O) groups excluding carboxylic acids is 2. The lowest BCUT2D eigenvalue weighted by Gasteiger charge is -2.34. The van der Waals surface area contributed by atoms with Gasteiger partial charge in [-0.3, -0.25) is 13.9 Å². The summed E-state index contributed by atoms with van der Waals surface area (Å²) in [5, 5.41) is 3.57. The van der Waals surface area contributed by atoms with Gasteiger partial charge in [0.05, 0.1) is 10.6 Å². The molecule has 0 saturated heterocycles. The number of para-hydroxylation sites is 1. The Kier molecular flexibility index (Phi) is 12.2. The van der Waals surface area contributed by atoms with E-state index in [1.54, 1.807) is 61.5 Å². The van der Waals surface area contributed by atoms with Gasteiger partial charge in [0.15, 0.2) is 0 Å². The maximum absolute atomic E-state index is 14.6. The van der Waals surface area contributed by atoms with Crippen LogP contribution in [0.15, 0.2) is 132 Å². The lowest BCUT2D eigenvalue weighted by Crippen LogP contribution is -2.53. The fourth-order valence-electron chi connectivity index (χ4n) is 5.35. The molecule has 0 aliphatic heterocycles. The minimum absolute atomic E-state index is 0.0115. The second-order valence-corrected chi connectivity index (χ2v) is 14.3. The standard InChI is InChI=1S/C39H37Cl2N3O5S/c1-3-42-39(46)37(24-29-10-6-4-7-11-29)43(26-30-16-17-31(40)25-36(30)41)38(45)27-44(50(47,48)35-22-14-28(2)15-23-35)32-18-20-34(21-19-32)49-33-12-8-5-9-13-33/h4-23,25,37H,3,24,26-27H2,1-2H3,(H,42,46)/t37-/m1/s1. The molecule has 50 heavy (non-hydrogen) atoms. The Bertz CT molecular complexity index is 2010. The lowest BCUT2D eigenvalue weighted by molar-refractivity contribution is -0.140. The molecule has 2 amide bonds. The van der Waals surface area contributed by atoms with Crippen molar-refractivity contribution in [3.63, 3.8) is 0 Å². The first kappa shape index (κ1) is 36.5. The smallest absolute Gasteiger partial charge is 0.264 e. The van der Waals surface area contributed by atoms with Crippen molar-refractivity contribution in [1.82, 2.24) is 10.2 Å². The van der Waals surface area contributed by atoms with Gasteiger partial charge in [0.25, 0.3) is 10.0 Å². The predicted molar refractivity (Wildman–Crippen MR) is 198 cm³/mol. The summed E-state index contributed by atoms with van der Waals surface area (Å²) in [7, 11) is -4.27. The van der Waals surface area contributed by atoms with Crippen molar-refractivity contribution in [3.05, 3.63) is 154 Å². The molecule has 0 heterocycles. The van der Waals surface area contributed by atoms with Crippen LogP contribution < -0.4 is 14.4 Å². The zero-order valence-corrected chi connectivity index (χ0v) is 30.0. The van der Waals surface area contributed by atoms with Crippen molar-refractivity contribution in [1.29, 1.82) is 0 Å². The molecule has 0 aromatic heterocycles. The van der Waals surface area contributed by atoms with Gasteiger partial charge in [0.2, 0.25) is 11.8 Å². The molecule has 0 unspecified atom stereocenters. The predicted octanol–water partition coefficient (Wildman–Crippen LogP) is 8.07. The number of anilines is 1. The fourth-order valence-corrected chi connectivity index (χ4v) is 7.23. The number of carbonyl (C=O) groups is 2. The summed E-state index contributed by atoms with van der Waals surface area (Å²) >= 11 is 12.8. The molecule has 0 spiro atoms. The number of benzene rings is 5. The molecule has 0 bridgehead atoms. The second kappa shape index (κ2) is 16.7. The zero-order valence-electron chi connectivity index (χ0n) is 27.6. The van der Waals surface area contributed by atoms with Crippen LogP contribution in [0, 0.1) is 6.92 Å². The van der Waals surface area contributed by atoms with Crippen LogP contribution in [0.3, 0.4) is 0 Å². The lowest BCUT2D eigenvalue weighted by atomic mass is 10.0. The van der Waals surface area contributed by atoms with E-state index in [4.69, 9.17) is 27.9 Å². The highest BCUT2D eigenvalue weighted by molar-refractivity contribution is 7.92. The third-order valence-corrected chi connectivity index (χ3v) is 10.3. The van der Waals surface area contributed by atoms with E-state index in [0.717, 1.165) is 15.4 Å². The molecule has 0 radical (unpaired) electrons.